The van der Waals surface area contributed by atoms with Crippen molar-refractivity contribution < 1.29 is 13.2 Å². The van der Waals surface area contributed by atoms with Gasteiger partial charge in [-0.2, -0.15) is 0 Å². The van der Waals surface area contributed by atoms with Crippen LogP contribution in [0.2, 0.25) is 0 Å². The molecule has 6 nitrogen and oxygen atoms in total. The Kier molecular flexibility index (Phi) is 5.11. The maximum absolute atomic E-state index is 13.2. The number of carbonyl (C=O) groups excluding carboxylic acids is 1. The van der Waals surface area contributed by atoms with Crippen molar-refractivity contribution in [2.45, 2.75) is 6.42 Å². The van der Waals surface area contributed by atoms with E-state index in [2.05, 4.69) is 5.32 Å². The third-order valence-electron chi connectivity index (χ3n) is 5.54. The molecule has 1 N–H and O–H groups in total. The topological polar surface area (TPSA) is 79.4 Å². The number of para-hydroxylation sites is 1. The molecule has 2 heterocycles. The van der Waals surface area contributed by atoms with Crippen LogP contribution in [-0.4, -0.2) is 31.6 Å². The lowest BCUT2D eigenvalue weighted by molar-refractivity contribution is 0.102. The van der Waals surface area contributed by atoms with Gasteiger partial charge in [0, 0.05) is 23.2 Å². The van der Waals surface area contributed by atoms with Crippen LogP contribution in [0.4, 0.5) is 11.4 Å². The number of sulfonamides is 1. The summed E-state index contributed by atoms with van der Waals surface area (Å²) in [5.74, 6) is -0.0769. The summed E-state index contributed by atoms with van der Waals surface area (Å²) in [5.41, 5.74) is 4.14. The van der Waals surface area contributed by atoms with Gasteiger partial charge < -0.3 is 5.32 Å². The standard InChI is InChI=1S/C25H21N3O3S/c29-25(26-19-11-13-20(14-12-19)28-15-6-16-32(28,30)31)22-17-24(18-7-2-1-3-8-18)27-23-10-5-4-9-21(22)23/h1-5,7-14,17H,6,15-16H2,(H,26,29). The lowest BCUT2D eigenvalue weighted by Gasteiger charge is -2.17. The average molecular weight is 444 g/mol. The normalized spacial score (nSPS) is 15.1. The number of fused-ring (bicyclic) bond motifs is 1. The zero-order chi connectivity index (χ0) is 22.1. The highest BCUT2D eigenvalue weighted by atomic mass is 32.2. The molecule has 160 valence electrons. The van der Waals surface area contributed by atoms with Gasteiger partial charge in [0.05, 0.1) is 28.2 Å². The van der Waals surface area contributed by atoms with Gasteiger partial charge in [0.1, 0.15) is 0 Å². The molecule has 7 heteroatoms. The van der Waals surface area contributed by atoms with Gasteiger partial charge >= 0.3 is 0 Å². The minimum atomic E-state index is -3.24. The molecule has 32 heavy (non-hydrogen) atoms. The Bertz CT molecular complexity index is 1400. The fraction of sp³-hybridized carbons (Fsp3) is 0.120. The van der Waals surface area contributed by atoms with Gasteiger partial charge in [-0.25, -0.2) is 13.4 Å². The van der Waals surface area contributed by atoms with E-state index >= 15 is 0 Å². The number of pyridine rings is 1. The molecule has 1 aromatic heterocycles. The van der Waals surface area contributed by atoms with E-state index in [1.54, 1.807) is 30.3 Å². The van der Waals surface area contributed by atoms with E-state index in [0.29, 0.717) is 29.9 Å². The summed E-state index contributed by atoms with van der Waals surface area (Å²) in [5, 5.41) is 3.70. The molecule has 0 atom stereocenters. The lowest BCUT2D eigenvalue weighted by Crippen LogP contribution is -2.25. The molecule has 1 aliphatic heterocycles. The van der Waals surface area contributed by atoms with Crippen molar-refractivity contribution in [3.05, 3.63) is 90.5 Å². The van der Waals surface area contributed by atoms with Crippen LogP contribution in [0.1, 0.15) is 16.8 Å². The van der Waals surface area contributed by atoms with E-state index in [1.807, 2.05) is 54.6 Å². The monoisotopic (exact) mass is 443 g/mol. The number of benzene rings is 3. The molecule has 1 aliphatic rings. The maximum atomic E-state index is 13.2. The summed E-state index contributed by atoms with van der Waals surface area (Å²) >= 11 is 0. The molecule has 4 aromatic rings. The number of amides is 1. The van der Waals surface area contributed by atoms with Crippen molar-refractivity contribution >= 4 is 38.2 Å². The quantitative estimate of drug-likeness (QED) is 0.496. The van der Waals surface area contributed by atoms with Crippen LogP contribution >= 0.6 is 0 Å². The smallest absolute Gasteiger partial charge is 0.256 e. The van der Waals surface area contributed by atoms with Gasteiger partial charge in [-0.05, 0) is 42.8 Å². The molecule has 0 aliphatic carbocycles. The first-order valence-electron chi connectivity index (χ1n) is 10.4. The van der Waals surface area contributed by atoms with Crippen LogP contribution in [0.25, 0.3) is 22.2 Å². The van der Waals surface area contributed by atoms with E-state index in [9.17, 15) is 13.2 Å². The molecule has 0 unspecified atom stereocenters. The van der Waals surface area contributed by atoms with Crippen LogP contribution in [0.3, 0.4) is 0 Å². The predicted molar refractivity (Wildman–Crippen MR) is 127 cm³/mol. The maximum Gasteiger partial charge on any atom is 0.256 e. The summed E-state index contributed by atoms with van der Waals surface area (Å²) in [6, 6.07) is 26.0. The molecule has 1 amide bonds. The number of nitrogens with zero attached hydrogens (tertiary/aromatic N) is 2. The van der Waals surface area contributed by atoms with Gasteiger partial charge in [0.15, 0.2) is 0 Å². The van der Waals surface area contributed by atoms with E-state index in [0.717, 1.165) is 22.2 Å². The third kappa shape index (κ3) is 3.83. The lowest BCUT2D eigenvalue weighted by atomic mass is 10.0. The number of hydrogen-bond acceptors (Lipinski definition) is 4. The fourth-order valence-corrected chi connectivity index (χ4v) is 5.52. The van der Waals surface area contributed by atoms with Crippen molar-refractivity contribution in [2.75, 3.05) is 21.9 Å². The van der Waals surface area contributed by atoms with Gasteiger partial charge in [-0.1, -0.05) is 48.5 Å². The van der Waals surface area contributed by atoms with Gasteiger partial charge in [-0.15, -0.1) is 0 Å². The zero-order valence-electron chi connectivity index (χ0n) is 17.2. The number of rotatable bonds is 4. The minimum Gasteiger partial charge on any atom is -0.322 e. The Balaban J connectivity index is 1.46. The Morgan fingerprint density at radius 2 is 1.62 bits per heavy atom. The van der Waals surface area contributed by atoms with Crippen molar-refractivity contribution in [1.29, 1.82) is 0 Å². The summed E-state index contributed by atoms with van der Waals surface area (Å²) < 4.78 is 25.7. The summed E-state index contributed by atoms with van der Waals surface area (Å²) in [4.78, 5) is 17.9. The second-order valence-electron chi connectivity index (χ2n) is 7.68. The summed E-state index contributed by atoms with van der Waals surface area (Å²) in [6.45, 7) is 0.485. The highest BCUT2D eigenvalue weighted by Crippen LogP contribution is 2.27. The van der Waals surface area contributed by atoms with Crippen molar-refractivity contribution in [1.82, 2.24) is 4.98 Å². The zero-order valence-corrected chi connectivity index (χ0v) is 18.0. The first kappa shape index (κ1) is 20.2. The molecule has 1 fully saturated rings. The van der Waals surface area contributed by atoms with Crippen molar-refractivity contribution in [3.63, 3.8) is 0 Å². The second kappa shape index (κ2) is 8.09. The Morgan fingerprint density at radius 1 is 0.906 bits per heavy atom. The van der Waals surface area contributed by atoms with E-state index in [-0.39, 0.29) is 11.7 Å². The molecule has 0 saturated carbocycles. The summed E-state index contributed by atoms with van der Waals surface area (Å²) in [7, 11) is -3.24. The van der Waals surface area contributed by atoms with Crippen LogP contribution in [0, 0.1) is 0 Å². The minimum absolute atomic E-state index is 0.171. The SMILES string of the molecule is O=C(Nc1ccc(N2CCCS2(=O)=O)cc1)c1cc(-c2ccccc2)nc2ccccc12. The second-order valence-corrected chi connectivity index (χ2v) is 9.69. The Morgan fingerprint density at radius 3 is 2.34 bits per heavy atom. The molecule has 3 aromatic carbocycles. The summed E-state index contributed by atoms with van der Waals surface area (Å²) in [6.07, 6.45) is 0.625. The van der Waals surface area contributed by atoms with Crippen molar-refractivity contribution in [2.24, 2.45) is 0 Å². The Labute approximate surface area is 186 Å². The molecule has 0 radical (unpaired) electrons. The Hall–Kier alpha value is -3.71. The van der Waals surface area contributed by atoms with Gasteiger partial charge in [0.2, 0.25) is 10.0 Å². The molecule has 0 bridgehead atoms. The number of aromatic nitrogens is 1. The number of anilines is 2. The van der Waals surface area contributed by atoms with Gasteiger partial charge in [0.25, 0.3) is 5.91 Å². The van der Waals surface area contributed by atoms with Crippen molar-refractivity contribution in [3.8, 4) is 11.3 Å². The van der Waals surface area contributed by atoms with Crippen LogP contribution in [0.5, 0.6) is 0 Å². The molecule has 0 spiro atoms. The number of nitrogens with one attached hydrogen (secondary N) is 1. The van der Waals surface area contributed by atoms with Crippen LogP contribution < -0.4 is 9.62 Å². The van der Waals surface area contributed by atoms with E-state index < -0.39 is 10.0 Å². The molecule has 5 rings (SSSR count). The largest absolute Gasteiger partial charge is 0.322 e. The fourth-order valence-electron chi connectivity index (χ4n) is 3.96. The first-order chi connectivity index (χ1) is 15.5. The highest BCUT2D eigenvalue weighted by molar-refractivity contribution is 7.93. The highest BCUT2D eigenvalue weighted by Gasteiger charge is 2.28. The molecule has 1 saturated heterocycles. The number of carbonyl (C=O) groups is 1. The van der Waals surface area contributed by atoms with E-state index in [1.165, 1.54) is 4.31 Å². The van der Waals surface area contributed by atoms with E-state index in [4.69, 9.17) is 4.98 Å². The molecular weight excluding hydrogens is 422 g/mol. The first-order valence-corrected chi connectivity index (χ1v) is 12.0. The van der Waals surface area contributed by atoms with Crippen LogP contribution in [-0.2, 0) is 10.0 Å². The number of hydrogen-bond donors (Lipinski definition) is 1. The predicted octanol–water partition coefficient (Wildman–Crippen LogP) is 4.69. The van der Waals surface area contributed by atoms with Gasteiger partial charge in [-0.3, -0.25) is 9.10 Å². The average Bonchev–Trinajstić information content (AvgIpc) is 3.18. The third-order valence-corrected chi connectivity index (χ3v) is 7.41. The van der Waals surface area contributed by atoms with Crippen LogP contribution in [0.15, 0.2) is 84.9 Å². The molecular formula is C25H21N3O3S.